The first-order valence-electron chi connectivity index (χ1n) is 9.50. The lowest BCUT2D eigenvalue weighted by Gasteiger charge is -2.37. The molecule has 1 aliphatic heterocycles. The average Bonchev–Trinajstić information content (AvgIpc) is 2.62. The van der Waals surface area contributed by atoms with Crippen molar-refractivity contribution < 1.29 is 14.3 Å². The molecule has 0 amide bonds. The highest BCUT2D eigenvalue weighted by atomic mass is 16.5. The van der Waals surface area contributed by atoms with Crippen molar-refractivity contribution >= 4 is 11.7 Å². The topological polar surface area (TPSA) is 64.8 Å². The lowest BCUT2D eigenvalue weighted by Crippen LogP contribution is -2.46. The van der Waals surface area contributed by atoms with Crippen LogP contribution in [-0.4, -0.2) is 43.2 Å². The van der Waals surface area contributed by atoms with Crippen molar-refractivity contribution in [1.29, 1.82) is 0 Å². The van der Waals surface area contributed by atoms with Crippen LogP contribution in [0.2, 0.25) is 0 Å². The largest absolute Gasteiger partial charge is 0.493 e. The summed E-state index contributed by atoms with van der Waals surface area (Å²) in [6.07, 6.45) is 4.83. The van der Waals surface area contributed by atoms with Gasteiger partial charge in [0.05, 0.1) is 6.61 Å². The van der Waals surface area contributed by atoms with Crippen molar-refractivity contribution in [3.05, 3.63) is 23.8 Å². The van der Waals surface area contributed by atoms with Crippen LogP contribution < -0.4 is 10.5 Å². The summed E-state index contributed by atoms with van der Waals surface area (Å²) < 4.78 is 11.2. The highest BCUT2D eigenvalue weighted by Crippen LogP contribution is 2.24. The van der Waals surface area contributed by atoms with Gasteiger partial charge in [0.1, 0.15) is 17.9 Å². The van der Waals surface area contributed by atoms with Gasteiger partial charge < -0.3 is 15.2 Å². The van der Waals surface area contributed by atoms with Crippen molar-refractivity contribution in [1.82, 2.24) is 4.90 Å². The summed E-state index contributed by atoms with van der Waals surface area (Å²) in [6, 6.07) is 5.34. The van der Waals surface area contributed by atoms with E-state index in [4.69, 9.17) is 15.2 Å². The number of rotatable bonds is 8. The van der Waals surface area contributed by atoms with Gasteiger partial charge in [0.25, 0.3) is 0 Å². The van der Waals surface area contributed by atoms with E-state index in [1.54, 1.807) is 18.2 Å². The summed E-state index contributed by atoms with van der Waals surface area (Å²) in [6.45, 7) is 9.40. The first-order chi connectivity index (χ1) is 12.1. The number of hydrogen-bond acceptors (Lipinski definition) is 5. The average molecular weight is 348 g/mol. The van der Waals surface area contributed by atoms with E-state index >= 15 is 0 Å². The number of esters is 1. The minimum atomic E-state index is -0.339. The molecule has 0 aromatic heterocycles. The summed E-state index contributed by atoms with van der Waals surface area (Å²) >= 11 is 0. The molecule has 5 nitrogen and oxygen atoms in total. The Morgan fingerprint density at radius 2 is 1.96 bits per heavy atom. The molecule has 1 aromatic rings. The number of benzene rings is 1. The molecule has 0 spiro atoms. The number of carbonyl (C=O) groups is 1. The zero-order chi connectivity index (χ0) is 18.2. The second-order valence-corrected chi connectivity index (χ2v) is 6.84. The number of nitrogens with two attached hydrogens (primary N) is 1. The zero-order valence-electron chi connectivity index (χ0n) is 15.8. The number of nitrogens with zero attached hydrogens (tertiary/aromatic N) is 1. The van der Waals surface area contributed by atoms with Crippen LogP contribution in [0.25, 0.3) is 0 Å². The van der Waals surface area contributed by atoms with Gasteiger partial charge in [-0.25, -0.2) is 4.79 Å². The zero-order valence-corrected chi connectivity index (χ0v) is 15.8. The van der Waals surface area contributed by atoms with Crippen molar-refractivity contribution in [2.45, 2.75) is 52.5 Å². The maximum atomic E-state index is 12.6. The van der Waals surface area contributed by atoms with E-state index in [2.05, 4.69) is 18.7 Å². The van der Waals surface area contributed by atoms with E-state index in [-0.39, 0.29) is 12.0 Å². The van der Waals surface area contributed by atoms with Crippen LogP contribution in [-0.2, 0) is 4.74 Å². The Morgan fingerprint density at radius 3 is 2.60 bits per heavy atom. The molecule has 1 heterocycles. The van der Waals surface area contributed by atoms with Gasteiger partial charge >= 0.3 is 5.97 Å². The molecule has 0 radical (unpaired) electrons. The first-order valence-corrected chi connectivity index (χ1v) is 9.50. The molecule has 0 saturated carbocycles. The molecule has 0 aliphatic carbocycles. The third-order valence-corrected chi connectivity index (χ3v) is 5.07. The lowest BCUT2D eigenvalue weighted by molar-refractivity contribution is 0.0208. The molecule has 2 N–H and O–H groups in total. The van der Waals surface area contributed by atoms with Crippen molar-refractivity contribution in [2.75, 3.05) is 32.0 Å². The van der Waals surface area contributed by atoms with E-state index in [0.717, 1.165) is 19.5 Å². The molecule has 0 bridgehead atoms. The Labute approximate surface area is 151 Å². The van der Waals surface area contributed by atoms with E-state index in [1.807, 2.05) is 6.92 Å². The van der Waals surface area contributed by atoms with Gasteiger partial charge in [-0.15, -0.1) is 0 Å². The fraction of sp³-hybridized carbons (Fsp3) is 0.650. The predicted molar refractivity (Wildman–Crippen MR) is 101 cm³/mol. The molecule has 140 valence electrons. The van der Waals surface area contributed by atoms with Gasteiger partial charge in [-0.1, -0.05) is 26.7 Å². The number of carbonyl (C=O) groups excluding carboxylic acids is 1. The van der Waals surface area contributed by atoms with Crippen LogP contribution in [0.5, 0.6) is 5.75 Å². The molecule has 5 heteroatoms. The standard InChI is InChI=1S/C20H32N2O3/c1-4-15(3)18(22-11-7-6-8-12-22)14-25-20(23)17-10-9-16(21)13-19(17)24-5-2/h9-10,13,15,18H,4-8,11-12,14,21H2,1-3H3. The lowest BCUT2D eigenvalue weighted by atomic mass is 9.96. The Bertz CT molecular complexity index is 556. The summed E-state index contributed by atoms with van der Waals surface area (Å²) in [5, 5.41) is 0. The molecule has 1 aromatic carbocycles. The molecular formula is C20H32N2O3. The van der Waals surface area contributed by atoms with Crippen LogP contribution in [0.4, 0.5) is 5.69 Å². The number of anilines is 1. The molecule has 1 saturated heterocycles. The molecule has 2 rings (SSSR count). The normalized spacial score (nSPS) is 17.7. The minimum Gasteiger partial charge on any atom is -0.493 e. The fourth-order valence-corrected chi connectivity index (χ4v) is 3.37. The van der Waals surface area contributed by atoms with Crippen LogP contribution in [0, 0.1) is 5.92 Å². The van der Waals surface area contributed by atoms with Gasteiger partial charge in [-0.05, 0) is 50.9 Å². The molecule has 2 atom stereocenters. The quantitative estimate of drug-likeness (QED) is 0.573. The number of ether oxygens (including phenoxy) is 2. The van der Waals surface area contributed by atoms with Gasteiger partial charge in [-0.3, -0.25) is 4.90 Å². The minimum absolute atomic E-state index is 0.276. The SMILES string of the molecule is CCOc1cc(N)ccc1C(=O)OCC(C(C)CC)N1CCCCC1. The molecule has 1 fully saturated rings. The van der Waals surface area contributed by atoms with Gasteiger partial charge in [0.15, 0.2) is 0 Å². The highest BCUT2D eigenvalue weighted by molar-refractivity contribution is 5.93. The van der Waals surface area contributed by atoms with Crippen LogP contribution in [0.3, 0.4) is 0 Å². The third-order valence-electron chi connectivity index (χ3n) is 5.07. The first kappa shape index (κ1) is 19.6. The molecule has 25 heavy (non-hydrogen) atoms. The van der Waals surface area contributed by atoms with Gasteiger partial charge in [0, 0.05) is 17.8 Å². The summed E-state index contributed by atoms with van der Waals surface area (Å²) in [5.41, 5.74) is 6.81. The predicted octanol–water partition coefficient (Wildman–Crippen LogP) is 3.72. The van der Waals surface area contributed by atoms with Crippen LogP contribution in [0.15, 0.2) is 18.2 Å². The maximum absolute atomic E-state index is 12.6. The van der Waals surface area contributed by atoms with E-state index in [9.17, 15) is 4.79 Å². The van der Waals surface area contributed by atoms with Crippen molar-refractivity contribution in [2.24, 2.45) is 5.92 Å². The Kier molecular flexibility index (Phi) is 7.56. The summed E-state index contributed by atoms with van der Waals surface area (Å²) in [5.74, 6) is 0.642. The number of likely N-dealkylation sites (tertiary alicyclic amines) is 1. The van der Waals surface area contributed by atoms with E-state index in [1.165, 1.54) is 19.3 Å². The summed E-state index contributed by atoms with van der Waals surface area (Å²) in [7, 11) is 0. The Hall–Kier alpha value is -1.75. The van der Waals surface area contributed by atoms with Crippen LogP contribution in [0.1, 0.15) is 56.8 Å². The monoisotopic (exact) mass is 348 g/mol. The Balaban J connectivity index is 2.05. The second kappa shape index (κ2) is 9.66. The molecular weight excluding hydrogens is 316 g/mol. The maximum Gasteiger partial charge on any atom is 0.341 e. The van der Waals surface area contributed by atoms with E-state index < -0.39 is 0 Å². The number of piperidine rings is 1. The highest BCUT2D eigenvalue weighted by Gasteiger charge is 2.27. The summed E-state index contributed by atoms with van der Waals surface area (Å²) in [4.78, 5) is 15.1. The van der Waals surface area contributed by atoms with E-state index in [0.29, 0.717) is 36.1 Å². The third kappa shape index (κ3) is 5.36. The molecule has 1 aliphatic rings. The van der Waals surface area contributed by atoms with Gasteiger partial charge in [0.2, 0.25) is 0 Å². The van der Waals surface area contributed by atoms with Crippen LogP contribution >= 0.6 is 0 Å². The number of nitrogen functional groups attached to an aromatic ring is 1. The fourth-order valence-electron chi connectivity index (χ4n) is 3.37. The Morgan fingerprint density at radius 1 is 1.24 bits per heavy atom. The molecule has 2 unspecified atom stereocenters. The van der Waals surface area contributed by atoms with Crippen molar-refractivity contribution in [3.8, 4) is 5.75 Å². The van der Waals surface area contributed by atoms with Gasteiger partial charge in [-0.2, -0.15) is 0 Å². The van der Waals surface area contributed by atoms with Crippen molar-refractivity contribution in [3.63, 3.8) is 0 Å². The smallest absolute Gasteiger partial charge is 0.341 e. The second-order valence-electron chi connectivity index (χ2n) is 6.84. The number of hydrogen-bond donors (Lipinski definition) is 1.